The van der Waals surface area contributed by atoms with E-state index in [0.717, 1.165) is 15.6 Å². The Morgan fingerprint density at radius 3 is 2.53 bits per heavy atom. The minimum atomic E-state index is -0.599. The van der Waals surface area contributed by atoms with E-state index in [1.54, 1.807) is 13.0 Å². The van der Waals surface area contributed by atoms with E-state index in [-0.39, 0.29) is 5.82 Å². The van der Waals surface area contributed by atoms with Crippen LogP contribution in [0.5, 0.6) is 0 Å². The third-order valence-electron chi connectivity index (χ3n) is 3.35. The fourth-order valence-corrected chi connectivity index (χ4v) is 2.51. The van der Waals surface area contributed by atoms with Crippen molar-refractivity contribution in [2.45, 2.75) is 25.8 Å². The number of halogens is 2. The summed E-state index contributed by atoms with van der Waals surface area (Å²) >= 11 is 3.52. The molecule has 0 bridgehead atoms. The first kappa shape index (κ1) is 14.2. The minimum Gasteiger partial charge on any atom is -0.321 e. The molecule has 0 saturated carbocycles. The Morgan fingerprint density at radius 2 is 1.89 bits per heavy atom. The molecule has 100 valence electrons. The third kappa shape index (κ3) is 3.23. The van der Waals surface area contributed by atoms with Gasteiger partial charge in [0.1, 0.15) is 5.82 Å². The highest BCUT2D eigenvalue weighted by Gasteiger charge is 2.23. The van der Waals surface area contributed by atoms with Gasteiger partial charge in [-0.25, -0.2) is 4.39 Å². The highest BCUT2D eigenvalue weighted by molar-refractivity contribution is 9.10. The van der Waals surface area contributed by atoms with Crippen LogP contribution in [0.25, 0.3) is 0 Å². The third-order valence-corrected chi connectivity index (χ3v) is 4.12. The lowest BCUT2D eigenvalue weighted by molar-refractivity contribution is 0.485. The fourth-order valence-electron chi connectivity index (χ4n) is 2.09. The molecule has 2 rings (SSSR count). The zero-order valence-electron chi connectivity index (χ0n) is 11.1. The Morgan fingerprint density at radius 1 is 1.21 bits per heavy atom. The highest BCUT2D eigenvalue weighted by Crippen LogP contribution is 2.27. The molecule has 0 amide bonds. The smallest absolute Gasteiger partial charge is 0.126 e. The molecule has 0 spiro atoms. The fraction of sp³-hybridized carbons (Fsp3) is 0.250. The van der Waals surface area contributed by atoms with Crippen LogP contribution in [0.1, 0.15) is 23.6 Å². The lowest BCUT2D eigenvalue weighted by Gasteiger charge is -2.26. The summed E-state index contributed by atoms with van der Waals surface area (Å²) in [6.07, 6.45) is 0.650. The lowest BCUT2D eigenvalue weighted by atomic mass is 9.86. The molecular formula is C16H17BrFN. The molecule has 2 aromatic carbocycles. The monoisotopic (exact) mass is 321 g/mol. The molecule has 19 heavy (non-hydrogen) atoms. The number of hydrogen-bond donors (Lipinski definition) is 1. The second kappa shape index (κ2) is 5.43. The van der Waals surface area contributed by atoms with Crippen LogP contribution < -0.4 is 5.73 Å². The first-order valence-electron chi connectivity index (χ1n) is 6.19. The Hall–Kier alpha value is -1.19. The maximum atomic E-state index is 13.7. The molecule has 2 aromatic rings. The number of rotatable bonds is 3. The summed E-state index contributed by atoms with van der Waals surface area (Å²) < 4.78 is 14.7. The number of nitrogens with two attached hydrogens (primary N) is 1. The summed E-state index contributed by atoms with van der Waals surface area (Å²) in [4.78, 5) is 0. The molecule has 1 unspecified atom stereocenters. The maximum absolute atomic E-state index is 13.7. The van der Waals surface area contributed by atoms with Gasteiger partial charge in [0.05, 0.1) is 0 Å². The molecule has 0 heterocycles. The van der Waals surface area contributed by atoms with Crippen molar-refractivity contribution in [1.82, 2.24) is 0 Å². The van der Waals surface area contributed by atoms with E-state index in [2.05, 4.69) is 15.9 Å². The molecule has 1 atom stereocenters. The predicted octanol–water partition coefficient (Wildman–Crippen LogP) is 4.31. The molecule has 0 saturated heterocycles. The van der Waals surface area contributed by atoms with Gasteiger partial charge in [-0.2, -0.15) is 0 Å². The van der Waals surface area contributed by atoms with Gasteiger partial charge in [0.2, 0.25) is 0 Å². The van der Waals surface area contributed by atoms with Crippen LogP contribution in [0.15, 0.2) is 46.9 Å². The summed E-state index contributed by atoms with van der Waals surface area (Å²) in [6.45, 7) is 3.68. The van der Waals surface area contributed by atoms with Crippen molar-refractivity contribution in [3.05, 3.63) is 69.4 Å². The highest BCUT2D eigenvalue weighted by atomic mass is 79.9. The second-order valence-electron chi connectivity index (χ2n) is 5.15. The van der Waals surface area contributed by atoms with Crippen molar-refractivity contribution >= 4 is 15.9 Å². The second-order valence-corrected chi connectivity index (χ2v) is 6.00. The van der Waals surface area contributed by atoms with Crippen molar-refractivity contribution in [2.75, 3.05) is 0 Å². The first-order chi connectivity index (χ1) is 8.90. The molecule has 0 aliphatic heterocycles. The zero-order valence-corrected chi connectivity index (χ0v) is 12.7. The van der Waals surface area contributed by atoms with Gasteiger partial charge < -0.3 is 5.73 Å². The van der Waals surface area contributed by atoms with Gasteiger partial charge in [-0.3, -0.25) is 0 Å². The van der Waals surface area contributed by atoms with E-state index in [1.165, 1.54) is 6.07 Å². The van der Waals surface area contributed by atoms with Crippen LogP contribution in [0.3, 0.4) is 0 Å². The van der Waals surface area contributed by atoms with Gasteiger partial charge in [0.25, 0.3) is 0 Å². The lowest BCUT2D eigenvalue weighted by Crippen LogP contribution is -2.35. The molecule has 2 N–H and O–H groups in total. The number of aryl methyl sites for hydroxylation is 1. The first-order valence-corrected chi connectivity index (χ1v) is 6.98. The largest absolute Gasteiger partial charge is 0.321 e. The normalized spacial score (nSPS) is 14.2. The minimum absolute atomic E-state index is 0.207. The van der Waals surface area contributed by atoms with E-state index in [1.807, 2.05) is 37.3 Å². The number of benzene rings is 2. The van der Waals surface area contributed by atoms with Crippen LogP contribution in [0.4, 0.5) is 4.39 Å². The number of hydrogen-bond acceptors (Lipinski definition) is 1. The van der Waals surface area contributed by atoms with Crippen molar-refractivity contribution in [3.63, 3.8) is 0 Å². The standard InChI is InChI=1S/C16H17BrFN/c1-11-7-8-13(9-15(11)18)16(2,19)10-12-5-3-4-6-14(12)17/h3-9H,10,19H2,1-2H3. The van der Waals surface area contributed by atoms with E-state index in [4.69, 9.17) is 5.73 Å². The molecule has 3 heteroatoms. The molecule has 0 aromatic heterocycles. The van der Waals surface area contributed by atoms with E-state index >= 15 is 0 Å². The summed E-state index contributed by atoms with van der Waals surface area (Å²) in [5.74, 6) is -0.207. The Balaban J connectivity index is 2.32. The van der Waals surface area contributed by atoms with Gasteiger partial charge >= 0.3 is 0 Å². The van der Waals surface area contributed by atoms with Gasteiger partial charge in [0.15, 0.2) is 0 Å². The topological polar surface area (TPSA) is 26.0 Å². The summed E-state index contributed by atoms with van der Waals surface area (Å²) in [7, 11) is 0. The summed E-state index contributed by atoms with van der Waals surface area (Å²) in [6, 6.07) is 13.2. The van der Waals surface area contributed by atoms with E-state index < -0.39 is 5.54 Å². The zero-order chi connectivity index (χ0) is 14.0. The molecule has 0 radical (unpaired) electrons. The Labute approximate surface area is 121 Å². The van der Waals surface area contributed by atoms with Crippen molar-refractivity contribution in [2.24, 2.45) is 5.73 Å². The molecule has 0 aliphatic rings. The molecule has 1 nitrogen and oxygen atoms in total. The predicted molar refractivity (Wildman–Crippen MR) is 80.5 cm³/mol. The summed E-state index contributed by atoms with van der Waals surface area (Å²) in [5.41, 5.74) is 8.34. The van der Waals surface area contributed by atoms with Crippen LogP contribution in [-0.4, -0.2) is 0 Å². The van der Waals surface area contributed by atoms with Crippen molar-refractivity contribution in [3.8, 4) is 0 Å². The quantitative estimate of drug-likeness (QED) is 0.895. The van der Waals surface area contributed by atoms with Gasteiger partial charge in [0, 0.05) is 10.0 Å². The van der Waals surface area contributed by atoms with E-state index in [9.17, 15) is 4.39 Å². The molecule has 0 aliphatic carbocycles. The SMILES string of the molecule is Cc1ccc(C(C)(N)Cc2ccccc2Br)cc1F. The van der Waals surface area contributed by atoms with Crippen LogP contribution in [0, 0.1) is 12.7 Å². The maximum Gasteiger partial charge on any atom is 0.126 e. The van der Waals surface area contributed by atoms with Crippen molar-refractivity contribution in [1.29, 1.82) is 0 Å². The van der Waals surface area contributed by atoms with Gasteiger partial charge in [-0.1, -0.05) is 46.3 Å². The van der Waals surface area contributed by atoms with E-state index in [0.29, 0.717) is 12.0 Å². The van der Waals surface area contributed by atoms with Gasteiger partial charge in [-0.05, 0) is 49.1 Å². The summed E-state index contributed by atoms with van der Waals surface area (Å²) in [5, 5.41) is 0. The van der Waals surface area contributed by atoms with Crippen LogP contribution in [-0.2, 0) is 12.0 Å². The molecular weight excluding hydrogens is 305 g/mol. The van der Waals surface area contributed by atoms with Crippen LogP contribution in [0.2, 0.25) is 0 Å². The Kier molecular flexibility index (Phi) is 4.07. The average molecular weight is 322 g/mol. The average Bonchev–Trinajstić information content (AvgIpc) is 2.35. The molecule has 0 fully saturated rings. The van der Waals surface area contributed by atoms with Crippen molar-refractivity contribution < 1.29 is 4.39 Å². The van der Waals surface area contributed by atoms with Gasteiger partial charge in [-0.15, -0.1) is 0 Å². The Bertz CT molecular complexity index is 593. The van der Waals surface area contributed by atoms with Crippen LogP contribution >= 0.6 is 15.9 Å².